The Morgan fingerprint density at radius 1 is 1.33 bits per heavy atom. The summed E-state index contributed by atoms with van der Waals surface area (Å²) in [7, 11) is 0. The molecule has 1 aliphatic rings. The molecule has 4 rings (SSSR count). The molecular weight excluding hydrogens is 330 g/mol. The zero-order valence-corrected chi connectivity index (χ0v) is 13.3. The lowest BCUT2D eigenvalue weighted by atomic mass is 10.2. The lowest BCUT2D eigenvalue weighted by Gasteiger charge is -2.26. The number of nitrogens with zero attached hydrogens (tertiary/aromatic N) is 1. The highest BCUT2D eigenvalue weighted by Gasteiger charge is 2.21. The van der Waals surface area contributed by atoms with Crippen LogP contribution in [0.1, 0.15) is 10.5 Å². The first kappa shape index (κ1) is 14.8. The first-order valence-electron chi connectivity index (χ1n) is 7.50. The Morgan fingerprint density at radius 3 is 3.04 bits per heavy atom. The Labute approximate surface area is 142 Å². The van der Waals surface area contributed by atoms with Gasteiger partial charge in [0.1, 0.15) is 23.6 Å². The number of fused-ring (bicyclic) bond motifs is 2. The summed E-state index contributed by atoms with van der Waals surface area (Å²) in [6, 6.07) is 10.9. The van der Waals surface area contributed by atoms with E-state index in [2.05, 4.69) is 15.3 Å². The predicted molar refractivity (Wildman–Crippen MR) is 89.8 cm³/mol. The summed E-state index contributed by atoms with van der Waals surface area (Å²) in [5.41, 5.74) is 1.21. The number of benzene rings is 1. The highest BCUT2D eigenvalue weighted by Crippen LogP contribution is 2.30. The number of pyridine rings is 1. The largest absolute Gasteiger partial charge is 0.486 e. The van der Waals surface area contributed by atoms with Gasteiger partial charge in [0.25, 0.3) is 5.91 Å². The minimum atomic E-state index is -0.232. The van der Waals surface area contributed by atoms with Gasteiger partial charge in [-0.2, -0.15) is 0 Å². The van der Waals surface area contributed by atoms with Gasteiger partial charge in [-0.25, -0.2) is 4.98 Å². The van der Waals surface area contributed by atoms with Crippen molar-refractivity contribution in [2.24, 2.45) is 0 Å². The van der Waals surface area contributed by atoms with E-state index in [4.69, 9.17) is 21.1 Å². The molecule has 1 atom stereocenters. The maximum Gasteiger partial charge on any atom is 0.267 e. The fraction of sp³-hybridized carbons (Fsp3) is 0.176. The van der Waals surface area contributed by atoms with Gasteiger partial charge in [0.2, 0.25) is 0 Å². The average molecular weight is 344 g/mol. The van der Waals surface area contributed by atoms with Crippen molar-refractivity contribution in [2.45, 2.75) is 6.10 Å². The van der Waals surface area contributed by atoms with Gasteiger partial charge in [0.05, 0.1) is 18.3 Å². The molecule has 3 heterocycles. The Hall–Kier alpha value is -2.73. The number of amides is 1. The van der Waals surface area contributed by atoms with Crippen molar-refractivity contribution in [2.75, 3.05) is 13.2 Å². The molecule has 122 valence electrons. The third-order valence-corrected chi connectivity index (χ3v) is 3.98. The van der Waals surface area contributed by atoms with Crippen LogP contribution in [0.15, 0.2) is 42.6 Å². The first-order valence-corrected chi connectivity index (χ1v) is 7.88. The number of para-hydroxylation sites is 2. The molecule has 0 saturated heterocycles. The molecule has 6 nitrogen and oxygen atoms in total. The molecule has 7 heteroatoms. The van der Waals surface area contributed by atoms with Crippen LogP contribution in [0.3, 0.4) is 0 Å². The highest BCUT2D eigenvalue weighted by atomic mass is 35.5. The third kappa shape index (κ3) is 2.88. The Kier molecular flexibility index (Phi) is 3.74. The molecule has 0 aliphatic carbocycles. The number of H-pyrrole nitrogens is 1. The van der Waals surface area contributed by atoms with Gasteiger partial charge in [-0.15, -0.1) is 0 Å². The fourth-order valence-corrected chi connectivity index (χ4v) is 2.76. The van der Waals surface area contributed by atoms with Gasteiger partial charge in [0.15, 0.2) is 11.5 Å². The summed E-state index contributed by atoms with van der Waals surface area (Å²) in [5, 5.41) is 4.07. The van der Waals surface area contributed by atoms with E-state index in [1.165, 1.54) is 0 Å². The Bertz CT molecular complexity index is 909. The summed E-state index contributed by atoms with van der Waals surface area (Å²) in [6.45, 7) is 0.741. The van der Waals surface area contributed by atoms with Gasteiger partial charge in [-0.3, -0.25) is 4.79 Å². The van der Waals surface area contributed by atoms with Crippen molar-refractivity contribution in [3.05, 3.63) is 53.4 Å². The van der Waals surface area contributed by atoms with E-state index in [9.17, 15) is 4.79 Å². The molecule has 2 aromatic heterocycles. The molecule has 24 heavy (non-hydrogen) atoms. The number of carbonyl (C=O) groups excluding carboxylic acids is 1. The van der Waals surface area contributed by atoms with Gasteiger partial charge in [-0.05, 0) is 24.3 Å². The van der Waals surface area contributed by atoms with Crippen LogP contribution in [0, 0.1) is 0 Å². The molecule has 1 unspecified atom stereocenters. The monoisotopic (exact) mass is 343 g/mol. The van der Waals surface area contributed by atoms with Crippen LogP contribution in [0.25, 0.3) is 10.9 Å². The third-order valence-electron chi connectivity index (χ3n) is 3.77. The van der Waals surface area contributed by atoms with E-state index in [0.717, 1.165) is 16.7 Å². The van der Waals surface area contributed by atoms with E-state index in [0.29, 0.717) is 29.7 Å². The molecule has 0 bridgehead atoms. The number of rotatable bonds is 3. The molecule has 3 aromatic rings. The summed E-state index contributed by atoms with van der Waals surface area (Å²) in [6.07, 6.45) is 1.37. The van der Waals surface area contributed by atoms with Crippen molar-refractivity contribution in [3.63, 3.8) is 0 Å². The molecule has 1 aromatic carbocycles. The number of ether oxygens (including phenoxy) is 2. The van der Waals surface area contributed by atoms with Crippen LogP contribution in [0.2, 0.25) is 5.15 Å². The van der Waals surface area contributed by atoms with E-state index >= 15 is 0 Å². The topological polar surface area (TPSA) is 76.2 Å². The first-order chi connectivity index (χ1) is 11.7. The van der Waals surface area contributed by atoms with E-state index < -0.39 is 0 Å². The van der Waals surface area contributed by atoms with Crippen molar-refractivity contribution < 1.29 is 14.3 Å². The summed E-state index contributed by atoms with van der Waals surface area (Å²) >= 11 is 5.86. The number of halogens is 1. The standard InChI is InChI=1S/C17H14ClN3O3/c18-16-6-10-5-12(21-13(10)8-19-16)17(22)20-7-11-9-23-14-3-1-2-4-15(14)24-11/h1-6,8,11,21H,7,9H2,(H,20,22). The van der Waals surface area contributed by atoms with Crippen LogP contribution in [-0.2, 0) is 0 Å². The van der Waals surface area contributed by atoms with Crippen LogP contribution in [0.4, 0.5) is 0 Å². The van der Waals surface area contributed by atoms with E-state index in [-0.39, 0.29) is 12.0 Å². The second-order valence-electron chi connectivity index (χ2n) is 5.48. The maximum atomic E-state index is 12.3. The second kappa shape index (κ2) is 6.05. The number of carbonyl (C=O) groups is 1. The predicted octanol–water partition coefficient (Wildman–Crippen LogP) is 2.79. The van der Waals surface area contributed by atoms with Crippen molar-refractivity contribution >= 4 is 28.4 Å². The number of hydrogen-bond acceptors (Lipinski definition) is 4. The summed E-state index contributed by atoms with van der Waals surface area (Å²) in [5.74, 6) is 1.19. The molecule has 1 amide bonds. The number of hydrogen-bond donors (Lipinski definition) is 2. The van der Waals surface area contributed by atoms with Crippen LogP contribution < -0.4 is 14.8 Å². The number of nitrogens with one attached hydrogen (secondary N) is 2. The van der Waals surface area contributed by atoms with Gasteiger partial charge >= 0.3 is 0 Å². The lowest BCUT2D eigenvalue weighted by molar-refractivity contribution is 0.0787. The molecular formula is C17H14ClN3O3. The fourth-order valence-electron chi connectivity index (χ4n) is 2.59. The van der Waals surface area contributed by atoms with Gasteiger partial charge < -0.3 is 19.8 Å². The minimum absolute atomic E-state index is 0.218. The van der Waals surface area contributed by atoms with Crippen LogP contribution in [-0.4, -0.2) is 35.1 Å². The number of aromatic amines is 1. The molecule has 1 aliphatic heterocycles. The van der Waals surface area contributed by atoms with E-state index in [1.54, 1.807) is 18.3 Å². The molecule has 2 N–H and O–H groups in total. The molecule has 0 saturated carbocycles. The van der Waals surface area contributed by atoms with Crippen molar-refractivity contribution in [1.82, 2.24) is 15.3 Å². The zero-order valence-electron chi connectivity index (χ0n) is 12.6. The van der Waals surface area contributed by atoms with Gasteiger partial charge in [-0.1, -0.05) is 23.7 Å². The molecule has 0 radical (unpaired) electrons. The average Bonchev–Trinajstić information content (AvgIpc) is 3.02. The summed E-state index contributed by atoms with van der Waals surface area (Å²) < 4.78 is 11.4. The van der Waals surface area contributed by atoms with Crippen LogP contribution in [0.5, 0.6) is 11.5 Å². The quantitative estimate of drug-likeness (QED) is 0.717. The van der Waals surface area contributed by atoms with Crippen LogP contribution >= 0.6 is 11.6 Å². The van der Waals surface area contributed by atoms with Gasteiger partial charge in [0, 0.05) is 5.39 Å². The normalized spacial score (nSPS) is 16.1. The molecule has 0 spiro atoms. The van der Waals surface area contributed by atoms with Crippen molar-refractivity contribution in [3.8, 4) is 11.5 Å². The zero-order chi connectivity index (χ0) is 16.5. The highest BCUT2D eigenvalue weighted by molar-refractivity contribution is 6.30. The second-order valence-corrected chi connectivity index (χ2v) is 5.87. The smallest absolute Gasteiger partial charge is 0.267 e. The van der Waals surface area contributed by atoms with Crippen molar-refractivity contribution in [1.29, 1.82) is 0 Å². The maximum absolute atomic E-state index is 12.3. The lowest BCUT2D eigenvalue weighted by Crippen LogP contribution is -2.40. The minimum Gasteiger partial charge on any atom is -0.486 e. The molecule has 0 fully saturated rings. The Morgan fingerprint density at radius 2 is 2.17 bits per heavy atom. The van der Waals surface area contributed by atoms with E-state index in [1.807, 2.05) is 24.3 Å². The summed E-state index contributed by atoms with van der Waals surface area (Å²) in [4.78, 5) is 19.3. The Balaban J connectivity index is 1.41. The number of aromatic nitrogens is 2. The SMILES string of the molecule is O=C(NCC1COc2ccccc2O1)c1cc2cc(Cl)ncc2[nH]1.